The van der Waals surface area contributed by atoms with Crippen molar-refractivity contribution in [2.75, 3.05) is 7.11 Å². The number of aryl methyl sites for hydroxylation is 3. The summed E-state index contributed by atoms with van der Waals surface area (Å²) in [7, 11) is 1.64. The van der Waals surface area contributed by atoms with Crippen LogP contribution in [0.5, 0.6) is 5.75 Å². The van der Waals surface area contributed by atoms with Crippen molar-refractivity contribution in [1.82, 2.24) is 0 Å². The Hall–Kier alpha value is -2.81. The van der Waals surface area contributed by atoms with Gasteiger partial charge in [-0.3, -0.25) is 0 Å². The highest BCUT2D eigenvalue weighted by Gasteiger charge is 2.22. The lowest BCUT2D eigenvalue weighted by atomic mass is 10.0. The van der Waals surface area contributed by atoms with Crippen molar-refractivity contribution in [2.45, 2.75) is 20.8 Å². The van der Waals surface area contributed by atoms with Gasteiger partial charge in [-0.2, -0.15) is 0 Å². The summed E-state index contributed by atoms with van der Waals surface area (Å²) >= 11 is 0. The second-order valence-electron chi connectivity index (χ2n) is 6.03. The topological polar surface area (TPSA) is 35.5 Å². The molecule has 0 aliphatic carbocycles. The molecule has 0 radical (unpaired) electrons. The van der Waals surface area contributed by atoms with Crippen molar-refractivity contribution in [3.63, 3.8) is 0 Å². The van der Waals surface area contributed by atoms with E-state index in [0.29, 0.717) is 11.3 Å². The third-order valence-corrected chi connectivity index (χ3v) is 4.27. The zero-order valence-electron chi connectivity index (χ0n) is 14.3. The third-order valence-electron chi connectivity index (χ3n) is 4.27. The van der Waals surface area contributed by atoms with Crippen LogP contribution in [0.4, 0.5) is 0 Å². The van der Waals surface area contributed by atoms with Crippen LogP contribution in [0.1, 0.15) is 27.8 Å². The molecule has 0 bridgehead atoms. The van der Waals surface area contributed by atoms with E-state index in [1.807, 2.05) is 56.3 Å². The highest BCUT2D eigenvalue weighted by Crippen LogP contribution is 2.29. The van der Waals surface area contributed by atoms with E-state index in [-0.39, 0.29) is 5.97 Å². The van der Waals surface area contributed by atoms with Crippen LogP contribution >= 0.6 is 0 Å². The first-order valence-electron chi connectivity index (χ1n) is 7.86. The summed E-state index contributed by atoms with van der Waals surface area (Å²) in [5, 5.41) is 0. The second-order valence-corrected chi connectivity index (χ2v) is 6.03. The molecule has 0 fully saturated rings. The maximum Gasteiger partial charge on any atom is 0.343 e. The van der Waals surface area contributed by atoms with Crippen molar-refractivity contribution in [1.29, 1.82) is 0 Å². The van der Waals surface area contributed by atoms with E-state index in [1.165, 1.54) is 11.1 Å². The number of hydrogen-bond donors (Lipinski definition) is 0. The predicted molar refractivity (Wildman–Crippen MR) is 95.7 cm³/mol. The molecule has 2 aromatic rings. The van der Waals surface area contributed by atoms with Crippen LogP contribution in [0.25, 0.3) is 11.8 Å². The molecule has 0 spiro atoms. The van der Waals surface area contributed by atoms with E-state index < -0.39 is 0 Å². The van der Waals surface area contributed by atoms with Gasteiger partial charge in [-0.1, -0.05) is 24.3 Å². The monoisotopic (exact) mass is 320 g/mol. The van der Waals surface area contributed by atoms with E-state index >= 15 is 0 Å². The van der Waals surface area contributed by atoms with Crippen LogP contribution < -0.4 is 4.74 Å². The molecule has 3 nitrogen and oxygen atoms in total. The van der Waals surface area contributed by atoms with E-state index in [4.69, 9.17) is 9.47 Å². The Balaban J connectivity index is 1.95. The molecule has 3 rings (SSSR count). The lowest BCUT2D eigenvalue weighted by Crippen LogP contribution is -1.97. The largest absolute Gasteiger partial charge is 0.496 e. The Morgan fingerprint density at radius 2 is 1.71 bits per heavy atom. The number of carbonyl (C=O) groups excluding carboxylic acids is 1. The molecule has 3 heteroatoms. The Labute approximate surface area is 142 Å². The number of methoxy groups -OCH3 is 1. The van der Waals surface area contributed by atoms with Crippen LogP contribution in [0, 0.1) is 20.8 Å². The average Bonchev–Trinajstić information content (AvgIpc) is 2.92. The molecule has 0 amide bonds. The number of ether oxygens (including phenoxy) is 2. The molecule has 1 heterocycles. The van der Waals surface area contributed by atoms with Gasteiger partial charge in [0.15, 0.2) is 0 Å². The lowest BCUT2D eigenvalue weighted by molar-refractivity contribution is -0.130. The Bertz CT molecular complexity index is 873. The van der Waals surface area contributed by atoms with Crippen LogP contribution in [-0.2, 0) is 9.53 Å². The molecule has 0 atom stereocenters. The summed E-state index contributed by atoms with van der Waals surface area (Å²) in [6.45, 7) is 6.09. The first-order valence-corrected chi connectivity index (χ1v) is 7.86. The fourth-order valence-electron chi connectivity index (χ4n) is 2.63. The fourth-order valence-corrected chi connectivity index (χ4v) is 2.63. The second kappa shape index (κ2) is 6.36. The quantitative estimate of drug-likeness (QED) is 0.612. The number of rotatable bonds is 3. The average molecular weight is 320 g/mol. The third kappa shape index (κ3) is 3.11. The Morgan fingerprint density at radius 3 is 2.42 bits per heavy atom. The van der Waals surface area contributed by atoms with Crippen molar-refractivity contribution in [3.8, 4) is 5.75 Å². The summed E-state index contributed by atoms with van der Waals surface area (Å²) in [5.41, 5.74) is 5.80. The molecule has 0 aromatic heterocycles. The van der Waals surface area contributed by atoms with Gasteiger partial charge in [0, 0.05) is 5.56 Å². The molecule has 24 heavy (non-hydrogen) atoms. The molecular weight excluding hydrogens is 300 g/mol. The molecule has 1 aliphatic rings. The number of hydrogen-bond acceptors (Lipinski definition) is 3. The van der Waals surface area contributed by atoms with E-state index in [0.717, 1.165) is 22.4 Å². The highest BCUT2D eigenvalue weighted by atomic mass is 16.5. The lowest BCUT2D eigenvalue weighted by Gasteiger charge is -2.05. The maximum absolute atomic E-state index is 12.2. The van der Waals surface area contributed by atoms with Gasteiger partial charge in [-0.25, -0.2) is 4.79 Å². The van der Waals surface area contributed by atoms with Crippen molar-refractivity contribution >= 4 is 17.8 Å². The molecule has 0 N–H and O–H groups in total. The molecule has 122 valence electrons. The first-order chi connectivity index (χ1) is 11.5. The van der Waals surface area contributed by atoms with E-state index in [2.05, 4.69) is 6.92 Å². The fraction of sp³-hybridized carbons (Fsp3) is 0.190. The summed E-state index contributed by atoms with van der Waals surface area (Å²) < 4.78 is 10.8. The minimum atomic E-state index is -0.331. The normalized spacial score (nSPS) is 15.4. The van der Waals surface area contributed by atoms with Crippen LogP contribution in [0.15, 0.2) is 48.0 Å². The van der Waals surface area contributed by atoms with Gasteiger partial charge in [0.05, 0.1) is 12.7 Å². The van der Waals surface area contributed by atoms with Crippen LogP contribution in [-0.4, -0.2) is 13.1 Å². The van der Waals surface area contributed by atoms with Crippen LogP contribution in [0.2, 0.25) is 0 Å². The van der Waals surface area contributed by atoms with Gasteiger partial charge in [0.2, 0.25) is 0 Å². The van der Waals surface area contributed by atoms with Crippen LogP contribution in [0.3, 0.4) is 0 Å². The number of carbonyl (C=O) groups is 1. The van der Waals surface area contributed by atoms with Gasteiger partial charge in [0.25, 0.3) is 0 Å². The zero-order chi connectivity index (χ0) is 17.3. The van der Waals surface area contributed by atoms with E-state index in [1.54, 1.807) is 13.2 Å². The minimum Gasteiger partial charge on any atom is -0.496 e. The van der Waals surface area contributed by atoms with Gasteiger partial charge in [-0.05, 0) is 67.3 Å². The molecular formula is C21H20O3. The van der Waals surface area contributed by atoms with Crippen molar-refractivity contribution in [2.24, 2.45) is 0 Å². The van der Waals surface area contributed by atoms with Crippen molar-refractivity contribution in [3.05, 3.63) is 75.9 Å². The smallest absolute Gasteiger partial charge is 0.343 e. The summed E-state index contributed by atoms with van der Waals surface area (Å²) in [6, 6.07) is 11.9. The van der Waals surface area contributed by atoms with Gasteiger partial charge >= 0.3 is 5.97 Å². The molecule has 0 saturated heterocycles. The van der Waals surface area contributed by atoms with Gasteiger partial charge in [0.1, 0.15) is 11.5 Å². The number of cyclic esters (lactones) is 1. The highest BCUT2D eigenvalue weighted by molar-refractivity contribution is 6.05. The number of benzene rings is 2. The maximum atomic E-state index is 12.2. The Morgan fingerprint density at radius 1 is 0.958 bits per heavy atom. The van der Waals surface area contributed by atoms with E-state index in [9.17, 15) is 4.79 Å². The predicted octanol–water partition coefficient (Wildman–Crippen LogP) is 4.60. The van der Waals surface area contributed by atoms with Gasteiger partial charge in [-0.15, -0.1) is 0 Å². The van der Waals surface area contributed by atoms with Crippen molar-refractivity contribution < 1.29 is 14.3 Å². The van der Waals surface area contributed by atoms with Gasteiger partial charge < -0.3 is 9.47 Å². The summed E-state index contributed by atoms with van der Waals surface area (Å²) in [6.07, 6.45) is 3.61. The molecule has 0 saturated carbocycles. The number of esters is 1. The molecule has 2 aromatic carbocycles. The minimum absolute atomic E-state index is 0.331. The summed E-state index contributed by atoms with van der Waals surface area (Å²) in [5.74, 6) is 1.06. The molecule has 0 unspecified atom stereocenters. The summed E-state index contributed by atoms with van der Waals surface area (Å²) in [4.78, 5) is 12.2. The Kier molecular flexibility index (Phi) is 4.26. The zero-order valence-corrected chi connectivity index (χ0v) is 14.3. The SMILES string of the molecule is COc1cc(/C=C2/C=C(c3ccc(C)c(C)c3)OC2=O)ccc1C. The standard InChI is InChI=1S/C21H20O3/c1-13-6-8-17(9-15(13)3)20-12-18(21(22)24-20)10-16-7-5-14(2)19(11-16)23-4/h5-12H,1-4H3/b18-10-. The first kappa shape index (κ1) is 16.1. The molecule has 1 aliphatic heterocycles.